The molecule has 2 aliphatic heterocycles. The van der Waals surface area contributed by atoms with E-state index < -0.39 is 17.8 Å². The van der Waals surface area contributed by atoms with Crippen molar-refractivity contribution in [3.8, 4) is 0 Å². The molecule has 2 saturated heterocycles. The largest absolute Gasteiger partial charge is 0.389 e. The maximum Gasteiger partial charge on any atom is 0.229 e. The van der Waals surface area contributed by atoms with Gasteiger partial charge in [0.1, 0.15) is 12.0 Å². The predicted molar refractivity (Wildman–Crippen MR) is 124 cm³/mol. The third kappa shape index (κ3) is 3.64. The number of piperidine rings is 1. The lowest BCUT2D eigenvalue weighted by Gasteiger charge is -2.45. The maximum absolute atomic E-state index is 15.4. The van der Waals surface area contributed by atoms with Gasteiger partial charge in [0.2, 0.25) is 5.91 Å². The molecule has 2 aliphatic carbocycles. The number of pyridine rings is 1. The molecule has 4 aliphatic rings. The van der Waals surface area contributed by atoms with Crippen LogP contribution in [0, 0.1) is 11.3 Å². The molecule has 4 fully saturated rings. The van der Waals surface area contributed by atoms with Crippen molar-refractivity contribution in [3.63, 3.8) is 0 Å². The van der Waals surface area contributed by atoms with E-state index in [0.717, 1.165) is 35.6 Å². The number of hydrogen-bond donors (Lipinski definition) is 2. The van der Waals surface area contributed by atoms with Gasteiger partial charge in [-0.15, -0.1) is 0 Å². The number of likely N-dealkylation sites (tertiary alicyclic amines) is 1. The molecule has 5 atom stereocenters. The molecule has 1 aromatic heterocycles. The van der Waals surface area contributed by atoms with Crippen molar-refractivity contribution >= 4 is 34.1 Å². The number of aromatic nitrogens is 1. The zero-order chi connectivity index (χ0) is 23.0. The van der Waals surface area contributed by atoms with Crippen molar-refractivity contribution in [2.75, 3.05) is 31.6 Å². The molecular formula is C25H29ClFN3O3. The summed E-state index contributed by atoms with van der Waals surface area (Å²) in [7, 11) is 0. The van der Waals surface area contributed by atoms with Crippen LogP contribution < -0.4 is 5.32 Å². The summed E-state index contributed by atoms with van der Waals surface area (Å²) >= 11 is 6.59. The van der Waals surface area contributed by atoms with E-state index in [1.807, 2.05) is 30.0 Å². The molecule has 33 heavy (non-hydrogen) atoms. The van der Waals surface area contributed by atoms with E-state index in [-0.39, 0.29) is 24.3 Å². The minimum Gasteiger partial charge on any atom is -0.389 e. The smallest absolute Gasteiger partial charge is 0.229 e. The first-order valence-electron chi connectivity index (χ1n) is 11.8. The highest BCUT2D eigenvalue weighted by Gasteiger charge is 2.65. The average Bonchev–Trinajstić information content (AvgIpc) is 3.69. The standard InChI is InChI=1S/C25H29ClFN3O3/c1-24(13-33-12-21(24)31)30-5-2-16(20(27)11-30)17-6-14-8-22(28-10-15(14)7-19(17)26)29-23(32)18-9-25(18)3-4-25/h6-8,10,16,18,20-21,31H,2-5,9,11-13H2,1H3,(H,28,29,32)/t16-,18+,20+,21-,24+/m0/s1. The van der Waals surface area contributed by atoms with E-state index in [1.165, 1.54) is 0 Å². The number of fused-ring (bicyclic) bond motifs is 1. The summed E-state index contributed by atoms with van der Waals surface area (Å²) in [5.74, 6) is 0.377. The van der Waals surface area contributed by atoms with E-state index in [4.69, 9.17) is 16.3 Å². The fraction of sp³-hybridized carbons (Fsp3) is 0.600. The van der Waals surface area contributed by atoms with Crippen LogP contribution in [-0.4, -0.2) is 65.0 Å². The van der Waals surface area contributed by atoms with Gasteiger partial charge in [-0.05, 0) is 73.7 Å². The summed E-state index contributed by atoms with van der Waals surface area (Å²) in [6, 6.07) is 5.63. The van der Waals surface area contributed by atoms with Gasteiger partial charge in [0.25, 0.3) is 0 Å². The molecule has 1 amide bonds. The van der Waals surface area contributed by atoms with Gasteiger partial charge in [-0.1, -0.05) is 11.6 Å². The first-order chi connectivity index (χ1) is 15.8. The Kier molecular flexibility index (Phi) is 5.00. The zero-order valence-corrected chi connectivity index (χ0v) is 19.4. The summed E-state index contributed by atoms with van der Waals surface area (Å²) in [5.41, 5.74) is 0.527. The lowest BCUT2D eigenvalue weighted by atomic mass is 9.84. The molecule has 2 N–H and O–H groups in total. The third-order valence-corrected chi connectivity index (χ3v) is 8.87. The Morgan fingerprint density at radius 1 is 1.33 bits per heavy atom. The highest BCUT2D eigenvalue weighted by atomic mass is 35.5. The van der Waals surface area contributed by atoms with Crippen LogP contribution in [0.2, 0.25) is 5.02 Å². The number of anilines is 1. The van der Waals surface area contributed by atoms with Crippen molar-refractivity contribution < 1.29 is 19.0 Å². The predicted octanol–water partition coefficient (Wildman–Crippen LogP) is 3.90. The number of amides is 1. The van der Waals surface area contributed by atoms with Gasteiger partial charge in [0, 0.05) is 35.0 Å². The summed E-state index contributed by atoms with van der Waals surface area (Å²) < 4.78 is 20.9. The van der Waals surface area contributed by atoms with Crippen LogP contribution in [0.15, 0.2) is 24.4 Å². The summed E-state index contributed by atoms with van der Waals surface area (Å²) in [6.07, 6.45) is 3.90. The summed E-state index contributed by atoms with van der Waals surface area (Å²) in [6.45, 7) is 3.54. The Labute approximate surface area is 197 Å². The van der Waals surface area contributed by atoms with Crippen LogP contribution in [-0.2, 0) is 9.53 Å². The first-order valence-corrected chi connectivity index (χ1v) is 12.2. The number of aliphatic hydroxyl groups excluding tert-OH is 1. The van der Waals surface area contributed by atoms with Gasteiger partial charge in [0.15, 0.2) is 0 Å². The Balaban J connectivity index is 1.21. The van der Waals surface area contributed by atoms with Crippen molar-refractivity contribution in [2.24, 2.45) is 11.3 Å². The molecule has 6 rings (SSSR count). The van der Waals surface area contributed by atoms with Crippen molar-refractivity contribution in [1.82, 2.24) is 9.88 Å². The van der Waals surface area contributed by atoms with Crippen LogP contribution in [0.3, 0.4) is 0 Å². The van der Waals surface area contributed by atoms with Crippen molar-refractivity contribution in [3.05, 3.63) is 35.0 Å². The summed E-state index contributed by atoms with van der Waals surface area (Å²) in [5, 5.41) is 15.6. The van der Waals surface area contributed by atoms with Gasteiger partial charge < -0.3 is 15.2 Å². The van der Waals surface area contributed by atoms with E-state index in [1.54, 1.807) is 6.20 Å². The van der Waals surface area contributed by atoms with Crippen molar-refractivity contribution in [1.29, 1.82) is 0 Å². The maximum atomic E-state index is 15.4. The molecule has 0 unspecified atom stereocenters. The number of rotatable bonds is 4. The fourth-order valence-corrected chi connectivity index (χ4v) is 6.17. The molecule has 2 aromatic rings. The van der Waals surface area contributed by atoms with Crippen LogP contribution in [0.25, 0.3) is 10.8 Å². The van der Waals surface area contributed by atoms with Gasteiger partial charge >= 0.3 is 0 Å². The highest BCUT2D eigenvalue weighted by molar-refractivity contribution is 6.32. The van der Waals surface area contributed by atoms with Gasteiger partial charge in [-0.3, -0.25) is 9.69 Å². The van der Waals surface area contributed by atoms with Crippen LogP contribution in [0.5, 0.6) is 0 Å². The van der Waals surface area contributed by atoms with E-state index in [9.17, 15) is 9.90 Å². The Hall–Kier alpha value is -1.80. The fourth-order valence-electron chi connectivity index (χ4n) is 5.85. The van der Waals surface area contributed by atoms with E-state index in [0.29, 0.717) is 42.4 Å². The van der Waals surface area contributed by atoms with Gasteiger partial charge in [0.05, 0.1) is 24.9 Å². The minimum atomic E-state index is -1.11. The lowest BCUT2D eigenvalue weighted by molar-refractivity contribution is -0.117. The number of carbonyl (C=O) groups is 1. The quantitative estimate of drug-likeness (QED) is 0.704. The average molecular weight is 474 g/mol. The molecule has 176 valence electrons. The van der Waals surface area contributed by atoms with Gasteiger partial charge in [-0.2, -0.15) is 0 Å². The molecule has 6 nitrogen and oxygen atoms in total. The molecule has 0 bridgehead atoms. The summed E-state index contributed by atoms with van der Waals surface area (Å²) in [4.78, 5) is 18.9. The lowest BCUT2D eigenvalue weighted by Crippen LogP contribution is -2.58. The molecule has 1 spiro atoms. The zero-order valence-electron chi connectivity index (χ0n) is 18.7. The monoisotopic (exact) mass is 473 g/mol. The highest BCUT2D eigenvalue weighted by Crippen LogP contribution is 2.70. The molecule has 0 radical (unpaired) electrons. The topological polar surface area (TPSA) is 74.7 Å². The Morgan fingerprint density at radius 2 is 2.15 bits per heavy atom. The molecule has 3 heterocycles. The number of halogens is 2. The number of aliphatic hydroxyl groups is 1. The second-order valence-electron chi connectivity index (χ2n) is 10.6. The SMILES string of the molecule is C[C@@]1(N2CC[C@@H](c3cc4cc(NC(=O)[C@H]5CC56CC6)ncc4cc3Cl)[C@H](F)C2)COC[C@@H]1O. The van der Waals surface area contributed by atoms with Crippen molar-refractivity contribution in [2.45, 2.75) is 56.3 Å². The molecule has 8 heteroatoms. The second kappa shape index (κ2) is 7.60. The second-order valence-corrected chi connectivity index (χ2v) is 11.1. The van der Waals surface area contributed by atoms with E-state index >= 15 is 4.39 Å². The number of benzene rings is 1. The number of ether oxygens (including phenoxy) is 1. The van der Waals surface area contributed by atoms with Crippen LogP contribution in [0.1, 0.15) is 44.1 Å². The molecular weight excluding hydrogens is 445 g/mol. The number of nitrogens with one attached hydrogen (secondary N) is 1. The van der Waals surface area contributed by atoms with Gasteiger partial charge in [-0.25, -0.2) is 9.37 Å². The number of carbonyl (C=O) groups excluding carboxylic acids is 1. The third-order valence-electron chi connectivity index (χ3n) is 8.54. The normalized spacial score (nSPS) is 35.2. The minimum absolute atomic E-state index is 0.0521. The van der Waals surface area contributed by atoms with E-state index in [2.05, 4.69) is 10.3 Å². The van der Waals surface area contributed by atoms with Crippen LogP contribution in [0.4, 0.5) is 10.2 Å². The number of alkyl halides is 1. The Bertz CT molecular complexity index is 1130. The van der Waals surface area contributed by atoms with Crippen LogP contribution >= 0.6 is 11.6 Å². The Morgan fingerprint density at radius 3 is 2.82 bits per heavy atom. The number of hydrogen-bond acceptors (Lipinski definition) is 5. The number of nitrogens with zero attached hydrogens (tertiary/aromatic N) is 2. The first kappa shape index (κ1) is 21.7. The molecule has 1 aromatic carbocycles. The molecule has 2 saturated carbocycles.